The largest absolute Gasteiger partial charge is 0.360 e. The van der Waals surface area contributed by atoms with Crippen LogP contribution in [0.4, 0.5) is 0 Å². The van der Waals surface area contributed by atoms with Crippen LogP contribution in [-0.4, -0.2) is 5.16 Å². The minimum atomic E-state index is 0.161. The first-order chi connectivity index (χ1) is 8.29. The van der Waals surface area contributed by atoms with Gasteiger partial charge in [0.2, 0.25) is 0 Å². The monoisotopic (exact) mass is 227 g/mol. The van der Waals surface area contributed by atoms with Crippen molar-refractivity contribution in [2.24, 2.45) is 0 Å². The first-order valence-corrected chi connectivity index (χ1v) is 5.42. The molecule has 4 heteroatoms. The first-order valence-electron chi connectivity index (χ1n) is 5.42. The molecule has 1 aromatic heterocycles. The number of benzene rings is 1. The van der Waals surface area contributed by atoms with Gasteiger partial charge in [-0.05, 0) is 24.6 Å². The molecule has 2 aromatic rings. The highest BCUT2D eigenvalue weighted by Gasteiger charge is 2.06. The summed E-state index contributed by atoms with van der Waals surface area (Å²) in [6, 6.07) is 11.7. The van der Waals surface area contributed by atoms with Crippen molar-refractivity contribution >= 4 is 0 Å². The minimum absolute atomic E-state index is 0.161. The van der Waals surface area contributed by atoms with Gasteiger partial charge in [0.05, 0.1) is 24.4 Å². The van der Waals surface area contributed by atoms with Crippen molar-refractivity contribution in [2.75, 3.05) is 0 Å². The van der Waals surface area contributed by atoms with Crippen molar-refractivity contribution in [3.63, 3.8) is 0 Å². The summed E-state index contributed by atoms with van der Waals surface area (Å²) in [5.41, 5.74) is 1.76. The van der Waals surface area contributed by atoms with Gasteiger partial charge < -0.3 is 9.84 Å². The van der Waals surface area contributed by atoms with E-state index in [1.54, 1.807) is 12.3 Å². The van der Waals surface area contributed by atoms with Crippen molar-refractivity contribution in [1.29, 1.82) is 5.26 Å². The summed E-state index contributed by atoms with van der Waals surface area (Å²) in [5.74, 6) is 0.799. The number of nitrogens with zero attached hydrogens (tertiary/aromatic N) is 2. The summed E-state index contributed by atoms with van der Waals surface area (Å²) in [7, 11) is 0. The molecular formula is C13H13N3O. The third-order valence-corrected chi connectivity index (χ3v) is 2.59. The van der Waals surface area contributed by atoms with Crippen LogP contribution in [-0.2, 0) is 6.54 Å². The third-order valence-electron chi connectivity index (χ3n) is 2.59. The van der Waals surface area contributed by atoms with E-state index in [-0.39, 0.29) is 6.04 Å². The van der Waals surface area contributed by atoms with Gasteiger partial charge in [0.25, 0.3) is 0 Å². The van der Waals surface area contributed by atoms with E-state index in [9.17, 15) is 0 Å². The average molecular weight is 227 g/mol. The Bertz CT molecular complexity index is 514. The molecule has 86 valence electrons. The smallest absolute Gasteiger partial charge is 0.150 e. The highest BCUT2D eigenvalue weighted by molar-refractivity contribution is 5.34. The van der Waals surface area contributed by atoms with Gasteiger partial charge in [-0.3, -0.25) is 0 Å². The van der Waals surface area contributed by atoms with E-state index in [1.165, 1.54) is 0 Å². The van der Waals surface area contributed by atoms with Gasteiger partial charge in [-0.25, -0.2) is 0 Å². The molecule has 1 atom stereocenters. The standard InChI is InChI=1S/C13H13N3O/c1-10(15-9-13-5-6-16-17-13)12-4-2-3-11(7-12)8-14/h2-7,10,15H,9H2,1H3. The summed E-state index contributed by atoms with van der Waals surface area (Å²) in [5, 5.41) is 15.8. The molecule has 0 spiro atoms. The van der Waals surface area contributed by atoms with Crippen LogP contribution in [0.2, 0.25) is 0 Å². The lowest BCUT2D eigenvalue weighted by Gasteiger charge is -2.13. The van der Waals surface area contributed by atoms with Crippen LogP contribution in [0.3, 0.4) is 0 Å². The molecule has 1 heterocycles. The Balaban J connectivity index is 1.99. The number of rotatable bonds is 4. The van der Waals surface area contributed by atoms with Crippen LogP contribution >= 0.6 is 0 Å². The van der Waals surface area contributed by atoms with Crippen molar-refractivity contribution in [3.05, 3.63) is 53.4 Å². The zero-order chi connectivity index (χ0) is 12.1. The molecule has 0 saturated heterocycles. The number of hydrogen-bond donors (Lipinski definition) is 1. The summed E-state index contributed by atoms with van der Waals surface area (Å²) in [4.78, 5) is 0. The first kappa shape index (κ1) is 11.4. The predicted octanol–water partition coefficient (Wildman–Crippen LogP) is 2.40. The van der Waals surface area contributed by atoms with Crippen LogP contribution < -0.4 is 5.32 Å². The second kappa shape index (κ2) is 5.28. The van der Waals surface area contributed by atoms with Crippen molar-refractivity contribution in [3.8, 4) is 6.07 Å². The van der Waals surface area contributed by atoms with Gasteiger partial charge in [0, 0.05) is 12.1 Å². The molecule has 0 radical (unpaired) electrons. The van der Waals surface area contributed by atoms with E-state index in [4.69, 9.17) is 9.78 Å². The van der Waals surface area contributed by atoms with E-state index >= 15 is 0 Å². The Morgan fingerprint density at radius 1 is 1.47 bits per heavy atom. The minimum Gasteiger partial charge on any atom is -0.360 e. The highest BCUT2D eigenvalue weighted by Crippen LogP contribution is 2.14. The molecule has 0 aliphatic rings. The maximum absolute atomic E-state index is 8.83. The zero-order valence-corrected chi connectivity index (χ0v) is 9.55. The molecule has 1 unspecified atom stereocenters. The fourth-order valence-electron chi connectivity index (χ4n) is 1.58. The molecule has 0 amide bonds. The fourth-order valence-corrected chi connectivity index (χ4v) is 1.58. The molecule has 2 rings (SSSR count). The van der Waals surface area contributed by atoms with Gasteiger partial charge in [-0.15, -0.1) is 0 Å². The summed E-state index contributed by atoms with van der Waals surface area (Å²) in [6.45, 7) is 2.67. The summed E-state index contributed by atoms with van der Waals surface area (Å²) in [6.07, 6.45) is 1.62. The number of nitriles is 1. The Morgan fingerprint density at radius 2 is 2.35 bits per heavy atom. The van der Waals surface area contributed by atoms with E-state index in [2.05, 4.69) is 16.5 Å². The molecule has 0 aliphatic heterocycles. The molecular weight excluding hydrogens is 214 g/mol. The van der Waals surface area contributed by atoms with Crippen molar-refractivity contribution in [1.82, 2.24) is 10.5 Å². The fraction of sp³-hybridized carbons (Fsp3) is 0.231. The second-order valence-corrected chi connectivity index (χ2v) is 3.82. The highest BCUT2D eigenvalue weighted by atomic mass is 16.5. The molecule has 0 saturated carbocycles. The second-order valence-electron chi connectivity index (χ2n) is 3.82. The predicted molar refractivity (Wildman–Crippen MR) is 62.9 cm³/mol. The van der Waals surface area contributed by atoms with E-state index < -0.39 is 0 Å². The van der Waals surface area contributed by atoms with Crippen LogP contribution in [0.25, 0.3) is 0 Å². The Labute approximate surface area is 99.9 Å². The van der Waals surface area contributed by atoms with Gasteiger partial charge in [0.1, 0.15) is 5.76 Å². The Kier molecular flexibility index (Phi) is 3.53. The van der Waals surface area contributed by atoms with Crippen LogP contribution in [0.15, 0.2) is 41.1 Å². The number of hydrogen-bond acceptors (Lipinski definition) is 4. The average Bonchev–Trinajstić information content (AvgIpc) is 2.89. The van der Waals surface area contributed by atoms with Crippen LogP contribution in [0.5, 0.6) is 0 Å². The normalized spacial score (nSPS) is 12.0. The number of aromatic nitrogens is 1. The van der Waals surface area contributed by atoms with E-state index in [0.29, 0.717) is 12.1 Å². The van der Waals surface area contributed by atoms with E-state index in [0.717, 1.165) is 11.3 Å². The lowest BCUT2D eigenvalue weighted by Crippen LogP contribution is -2.17. The van der Waals surface area contributed by atoms with Gasteiger partial charge in [0.15, 0.2) is 0 Å². The SMILES string of the molecule is CC(NCc1ccno1)c1cccc(C#N)c1. The molecule has 1 N–H and O–H groups in total. The summed E-state index contributed by atoms with van der Waals surface area (Å²) < 4.78 is 5.00. The zero-order valence-electron chi connectivity index (χ0n) is 9.55. The molecule has 17 heavy (non-hydrogen) atoms. The number of nitrogens with one attached hydrogen (secondary N) is 1. The van der Waals surface area contributed by atoms with Gasteiger partial charge >= 0.3 is 0 Å². The molecule has 0 fully saturated rings. The van der Waals surface area contributed by atoms with Crippen molar-refractivity contribution < 1.29 is 4.52 Å². The summed E-state index contributed by atoms with van der Waals surface area (Å²) >= 11 is 0. The van der Waals surface area contributed by atoms with Crippen LogP contribution in [0.1, 0.15) is 29.9 Å². The maximum Gasteiger partial charge on any atom is 0.150 e. The van der Waals surface area contributed by atoms with Gasteiger partial charge in [-0.2, -0.15) is 5.26 Å². The molecule has 0 bridgehead atoms. The lowest BCUT2D eigenvalue weighted by atomic mass is 10.1. The van der Waals surface area contributed by atoms with Crippen molar-refractivity contribution in [2.45, 2.75) is 19.5 Å². The Morgan fingerprint density at radius 3 is 3.06 bits per heavy atom. The quantitative estimate of drug-likeness (QED) is 0.871. The topological polar surface area (TPSA) is 61.9 Å². The van der Waals surface area contributed by atoms with Gasteiger partial charge in [-0.1, -0.05) is 17.3 Å². The molecule has 4 nitrogen and oxygen atoms in total. The molecule has 0 aliphatic carbocycles. The third kappa shape index (κ3) is 2.92. The maximum atomic E-state index is 8.83. The van der Waals surface area contributed by atoms with Crippen LogP contribution in [0, 0.1) is 11.3 Å². The Hall–Kier alpha value is -2.12. The lowest BCUT2D eigenvalue weighted by molar-refractivity contribution is 0.366. The van der Waals surface area contributed by atoms with E-state index in [1.807, 2.05) is 31.2 Å². The molecule has 1 aromatic carbocycles.